The zero-order valence-electron chi connectivity index (χ0n) is 14.0. The van der Waals surface area contributed by atoms with Crippen LogP contribution < -0.4 is 5.32 Å². The lowest BCUT2D eigenvalue weighted by Gasteiger charge is -2.09. The first-order valence-corrected chi connectivity index (χ1v) is 9.41. The molecule has 0 aliphatic heterocycles. The van der Waals surface area contributed by atoms with Crippen LogP contribution in [0.4, 0.5) is 5.69 Å². The third kappa shape index (κ3) is 3.53. The lowest BCUT2D eigenvalue weighted by atomic mass is 10.2. The van der Waals surface area contributed by atoms with Gasteiger partial charge < -0.3 is 5.32 Å². The van der Waals surface area contributed by atoms with Crippen molar-refractivity contribution in [2.75, 3.05) is 11.1 Å². The number of para-hydroxylation sites is 2. The topological polar surface area (TPSA) is 78.7 Å². The number of carbonyl (C=O) groups excluding carboxylic acids is 1. The molecule has 1 N–H and O–H groups in total. The van der Waals surface area contributed by atoms with Crippen LogP contribution in [0.2, 0.25) is 0 Å². The normalized spacial score (nSPS) is 13.3. The van der Waals surface area contributed by atoms with Crippen molar-refractivity contribution < 1.29 is 4.79 Å². The summed E-state index contributed by atoms with van der Waals surface area (Å²) in [4.78, 5) is 21.7. The Morgan fingerprint density at radius 3 is 2.73 bits per heavy atom. The van der Waals surface area contributed by atoms with E-state index < -0.39 is 0 Å². The summed E-state index contributed by atoms with van der Waals surface area (Å²) in [6, 6.07) is 16.9. The van der Waals surface area contributed by atoms with Crippen LogP contribution in [0, 0.1) is 11.3 Å². The molecule has 6 heteroatoms. The van der Waals surface area contributed by atoms with Gasteiger partial charge in [0.1, 0.15) is 16.9 Å². The first-order valence-electron chi connectivity index (χ1n) is 8.43. The summed E-state index contributed by atoms with van der Waals surface area (Å²) in [6.45, 7) is 0. The van der Waals surface area contributed by atoms with E-state index in [1.165, 1.54) is 11.8 Å². The number of fused-ring (bicyclic) bond motifs is 1. The molecule has 3 aromatic rings. The second-order valence-electron chi connectivity index (χ2n) is 6.17. The van der Waals surface area contributed by atoms with Crippen LogP contribution in [0.5, 0.6) is 0 Å². The number of thioether (sulfide) groups is 1. The molecular weight excluding hydrogens is 344 g/mol. The highest BCUT2D eigenvalue weighted by Crippen LogP contribution is 2.39. The molecule has 0 atom stereocenters. The minimum absolute atomic E-state index is 0.159. The maximum Gasteiger partial charge on any atom is 0.234 e. The molecule has 1 amide bonds. The monoisotopic (exact) mass is 360 g/mol. The van der Waals surface area contributed by atoms with Gasteiger partial charge in [0.25, 0.3) is 0 Å². The molecule has 5 nitrogen and oxygen atoms in total. The van der Waals surface area contributed by atoms with E-state index in [4.69, 9.17) is 10.2 Å². The highest BCUT2D eigenvalue weighted by atomic mass is 32.2. The fourth-order valence-electron chi connectivity index (χ4n) is 2.71. The lowest BCUT2D eigenvalue weighted by Crippen LogP contribution is -2.15. The molecule has 1 aromatic heterocycles. The molecule has 0 unspecified atom stereocenters. The second kappa shape index (κ2) is 7.14. The van der Waals surface area contributed by atoms with Gasteiger partial charge in [-0.15, -0.1) is 0 Å². The molecule has 1 saturated carbocycles. The number of carbonyl (C=O) groups is 1. The maximum atomic E-state index is 12.3. The number of amides is 1. The van der Waals surface area contributed by atoms with Crippen LogP contribution in [-0.4, -0.2) is 21.6 Å². The molecule has 0 radical (unpaired) electrons. The van der Waals surface area contributed by atoms with E-state index >= 15 is 0 Å². The Balaban J connectivity index is 1.52. The number of nitriles is 1. The Labute approximate surface area is 155 Å². The first-order chi connectivity index (χ1) is 12.7. The number of benzene rings is 2. The molecule has 1 aliphatic rings. The van der Waals surface area contributed by atoms with Crippen molar-refractivity contribution in [1.29, 1.82) is 5.26 Å². The quantitative estimate of drug-likeness (QED) is 0.547. The summed E-state index contributed by atoms with van der Waals surface area (Å²) >= 11 is 1.40. The summed E-state index contributed by atoms with van der Waals surface area (Å²) in [5, 5.41) is 13.7. The third-order valence-corrected chi connectivity index (χ3v) is 5.18. The van der Waals surface area contributed by atoms with Gasteiger partial charge in [-0.2, -0.15) is 5.26 Å². The van der Waals surface area contributed by atoms with Gasteiger partial charge in [0.15, 0.2) is 0 Å². The summed E-state index contributed by atoms with van der Waals surface area (Å²) in [7, 11) is 0. The SMILES string of the molecule is N#Cc1ccccc1NC(=O)CSc1nc(C2CC2)nc2ccccc12. The molecule has 1 aliphatic carbocycles. The van der Waals surface area contributed by atoms with Gasteiger partial charge in [0.2, 0.25) is 5.91 Å². The van der Waals surface area contributed by atoms with Crippen LogP contribution in [0.25, 0.3) is 10.9 Å². The zero-order chi connectivity index (χ0) is 17.9. The van der Waals surface area contributed by atoms with Crippen molar-refractivity contribution >= 4 is 34.3 Å². The van der Waals surface area contributed by atoms with Crippen LogP contribution in [0.15, 0.2) is 53.6 Å². The van der Waals surface area contributed by atoms with Crippen molar-refractivity contribution in [2.24, 2.45) is 0 Å². The van der Waals surface area contributed by atoms with Gasteiger partial charge in [-0.3, -0.25) is 4.79 Å². The highest BCUT2D eigenvalue weighted by Gasteiger charge is 2.27. The first kappa shape index (κ1) is 16.6. The fourth-order valence-corrected chi connectivity index (χ4v) is 3.53. The molecule has 2 aromatic carbocycles. The van der Waals surface area contributed by atoms with Crippen LogP contribution in [-0.2, 0) is 4.79 Å². The Morgan fingerprint density at radius 2 is 1.92 bits per heavy atom. The van der Waals surface area contributed by atoms with E-state index in [-0.39, 0.29) is 11.7 Å². The van der Waals surface area contributed by atoms with Crippen LogP contribution in [0.1, 0.15) is 30.1 Å². The summed E-state index contributed by atoms with van der Waals surface area (Å²) in [5.74, 6) is 1.40. The van der Waals surface area contributed by atoms with E-state index in [0.717, 1.165) is 34.6 Å². The largest absolute Gasteiger partial charge is 0.324 e. The molecule has 4 rings (SSSR count). The van der Waals surface area contributed by atoms with Gasteiger partial charge in [-0.05, 0) is 31.0 Å². The van der Waals surface area contributed by atoms with E-state index in [2.05, 4.69) is 16.4 Å². The molecule has 128 valence electrons. The third-order valence-electron chi connectivity index (χ3n) is 4.19. The predicted molar refractivity (Wildman–Crippen MR) is 102 cm³/mol. The van der Waals surface area contributed by atoms with Gasteiger partial charge in [0, 0.05) is 11.3 Å². The highest BCUT2D eigenvalue weighted by molar-refractivity contribution is 8.00. The van der Waals surface area contributed by atoms with Crippen molar-refractivity contribution in [1.82, 2.24) is 9.97 Å². The molecular formula is C20H16N4OS. The van der Waals surface area contributed by atoms with E-state index in [1.54, 1.807) is 24.3 Å². The molecule has 1 fully saturated rings. The number of hydrogen-bond acceptors (Lipinski definition) is 5. The minimum atomic E-state index is -0.159. The van der Waals surface area contributed by atoms with Crippen molar-refractivity contribution in [3.63, 3.8) is 0 Å². The van der Waals surface area contributed by atoms with Crippen molar-refractivity contribution in [3.8, 4) is 6.07 Å². The standard InChI is InChI=1S/C20H16N4OS/c21-11-14-5-1-3-7-16(14)22-18(25)12-26-20-15-6-2-4-8-17(15)23-19(24-20)13-9-10-13/h1-8,13H,9-10,12H2,(H,22,25). The van der Waals surface area contributed by atoms with Crippen LogP contribution >= 0.6 is 11.8 Å². The number of anilines is 1. The van der Waals surface area contributed by atoms with Crippen molar-refractivity contribution in [3.05, 3.63) is 59.9 Å². The second-order valence-corrected chi connectivity index (χ2v) is 7.14. The van der Waals surface area contributed by atoms with Gasteiger partial charge >= 0.3 is 0 Å². The van der Waals surface area contributed by atoms with E-state index in [1.807, 2.05) is 24.3 Å². The maximum absolute atomic E-state index is 12.3. The fraction of sp³-hybridized carbons (Fsp3) is 0.200. The Bertz CT molecular complexity index is 1020. The van der Waals surface area contributed by atoms with Gasteiger partial charge in [0.05, 0.1) is 22.5 Å². The average Bonchev–Trinajstić information content (AvgIpc) is 3.51. The smallest absolute Gasteiger partial charge is 0.234 e. The van der Waals surface area contributed by atoms with Gasteiger partial charge in [-0.1, -0.05) is 42.1 Å². The predicted octanol–water partition coefficient (Wildman–Crippen LogP) is 4.11. The zero-order valence-corrected chi connectivity index (χ0v) is 14.8. The number of rotatable bonds is 5. The molecule has 26 heavy (non-hydrogen) atoms. The molecule has 0 saturated heterocycles. The average molecular weight is 360 g/mol. The van der Waals surface area contributed by atoms with Crippen LogP contribution in [0.3, 0.4) is 0 Å². The minimum Gasteiger partial charge on any atom is -0.324 e. The summed E-state index contributed by atoms with van der Waals surface area (Å²) in [6.07, 6.45) is 2.27. The van der Waals surface area contributed by atoms with E-state index in [0.29, 0.717) is 17.2 Å². The molecule has 0 bridgehead atoms. The number of hydrogen-bond donors (Lipinski definition) is 1. The number of aromatic nitrogens is 2. The number of nitrogens with zero attached hydrogens (tertiary/aromatic N) is 3. The Morgan fingerprint density at radius 1 is 1.15 bits per heavy atom. The van der Waals surface area contributed by atoms with Gasteiger partial charge in [-0.25, -0.2) is 9.97 Å². The van der Waals surface area contributed by atoms with Crippen molar-refractivity contribution in [2.45, 2.75) is 23.8 Å². The lowest BCUT2D eigenvalue weighted by molar-refractivity contribution is -0.113. The Kier molecular flexibility index (Phi) is 4.55. The Hall–Kier alpha value is -2.91. The molecule has 1 heterocycles. The summed E-state index contributed by atoms with van der Waals surface area (Å²) < 4.78 is 0. The summed E-state index contributed by atoms with van der Waals surface area (Å²) in [5.41, 5.74) is 1.91. The molecule has 0 spiro atoms. The number of nitrogens with one attached hydrogen (secondary N) is 1. The van der Waals surface area contributed by atoms with E-state index in [9.17, 15) is 4.79 Å².